The summed E-state index contributed by atoms with van der Waals surface area (Å²) in [5, 5.41) is 3.86. The summed E-state index contributed by atoms with van der Waals surface area (Å²) in [5.41, 5.74) is 6.24. The van der Waals surface area contributed by atoms with E-state index in [0.717, 1.165) is 59.7 Å². The van der Waals surface area contributed by atoms with Crippen LogP contribution in [0.1, 0.15) is 21.5 Å². The molecule has 1 aliphatic heterocycles. The van der Waals surface area contributed by atoms with Gasteiger partial charge in [0, 0.05) is 37.1 Å². The van der Waals surface area contributed by atoms with Gasteiger partial charge in [0.2, 0.25) is 0 Å². The van der Waals surface area contributed by atoms with Crippen molar-refractivity contribution in [1.29, 1.82) is 0 Å². The van der Waals surface area contributed by atoms with Crippen molar-refractivity contribution < 1.29 is 4.79 Å². The van der Waals surface area contributed by atoms with Crippen LogP contribution >= 0.6 is 0 Å². The lowest BCUT2D eigenvalue weighted by Gasteiger charge is -2.33. The third-order valence-corrected chi connectivity index (χ3v) is 6.45. The number of nitrogens with one attached hydrogen (secondary N) is 1. The molecule has 172 valence electrons. The SMILES string of the molecule is Cc1ccc(-c2cc(C(=O)Nc3ccc(N4CCN(C)CC4)nc3)c3ccccc3n2)c(C)c1. The van der Waals surface area contributed by atoms with E-state index in [4.69, 9.17) is 4.98 Å². The third-order valence-electron chi connectivity index (χ3n) is 6.45. The van der Waals surface area contributed by atoms with Gasteiger partial charge in [-0.25, -0.2) is 9.97 Å². The molecule has 2 aromatic carbocycles. The van der Waals surface area contributed by atoms with Gasteiger partial charge in [-0.1, -0.05) is 42.0 Å². The normalized spacial score (nSPS) is 14.4. The van der Waals surface area contributed by atoms with Gasteiger partial charge < -0.3 is 15.1 Å². The Morgan fingerprint density at radius 1 is 0.941 bits per heavy atom. The summed E-state index contributed by atoms with van der Waals surface area (Å²) in [4.78, 5) is 27.4. The molecule has 6 nitrogen and oxygen atoms in total. The van der Waals surface area contributed by atoms with Crippen LogP contribution in [-0.2, 0) is 0 Å². The fourth-order valence-corrected chi connectivity index (χ4v) is 4.48. The van der Waals surface area contributed by atoms with Crippen LogP contribution in [0.2, 0.25) is 0 Å². The quantitative estimate of drug-likeness (QED) is 0.477. The number of benzene rings is 2. The van der Waals surface area contributed by atoms with Crippen molar-refractivity contribution in [2.75, 3.05) is 43.4 Å². The minimum absolute atomic E-state index is 0.168. The lowest BCUT2D eigenvalue weighted by Crippen LogP contribution is -2.44. The number of carbonyl (C=O) groups is 1. The van der Waals surface area contributed by atoms with Crippen molar-refractivity contribution in [1.82, 2.24) is 14.9 Å². The molecule has 0 atom stereocenters. The molecule has 0 saturated carbocycles. The molecular weight excluding hydrogens is 422 g/mol. The first kappa shape index (κ1) is 22.0. The first-order chi connectivity index (χ1) is 16.5. The number of carbonyl (C=O) groups excluding carboxylic acids is 1. The number of likely N-dealkylation sites (N-methyl/N-ethyl adjacent to an activating group) is 1. The summed E-state index contributed by atoms with van der Waals surface area (Å²) in [6.07, 6.45) is 1.74. The fourth-order valence-electron chi connectivity index (χ4n) is 4.48. The summed E-state index contributed by atoms with van der Waals surface area (Å²) in [6.45, 7) is 8.12. The highest BCUT2D eigenvalue weighted by Crippen LogP contribution is 2.28. The zero-order chi connectivity index (χ0) is 23.7. The molecule has 2 aromatic heterocycles. The van der Waals surface area contributed by atoms with E-state index in [1.165, 1.54) is 5.56 Å². The lowest BCUT2D eigenvalue weighted by atomic mass is 9.99. The molecule has 0 radical (unpaired) electrons. The van der Waals surface area contributed by atoms with Crippen LogP contribution in [0.15, 0.2) is 66.9 Å². The summed E-state index contributed by atoms with van der Waals surface area (Å²) in [5.74, 6) is 0.774. The average molecular weight is 452 g/mol. The number of fused-ring (bicyclic) bond motifs is 1. The maximum Gasteiger partial charge on any atom is 0.256 e. The third kappa shape index (κ3) is 4.50. The number of nitrogens with zero attached hydrogens (tertiary/aromatic N) is 4. The van der Waals surface area contributed by atoms with Crippen molar-refractivity contribution in [3.63, 3.8) is 0 Å². The van der Waals surface area contributed by atoms with Gasteiger partial charge >= 0.3 is 0 Å². The van der Waals surface area contributed by atoms with Gasteiger partial charge in [-0.2, -0.15) is 0 Å². The zero-order valence-electron chi connectivity index (χ0n) is 19.9. The predicted molar refractivity (Wildman–Crippen MR) is 139 cm³/mol. The van der Waals surface area contributed by atoms with Crippen LogP contribution in [0.5, 0.6) is 0 Å². The molecule has 0 unspecified atom stereocenters. The molecule has 5 rings (SSSR count). The van der Waals surface area contributed by atoms with Crippen molar-refractivity contribution in [2.24, 2.45) is 0 Å². The second-order valence-corrected chi connectivity index (χ2v) is 9.04. The molecule has 1 amide bonds. The van der Waals surface area contributed by atoms with Gasteiger partial charge in [-0.15, -0.1) is 0 Å². The monoisotopic (exact) mass is 451 g/mol. The van der Waals surface area contributed by atoms with E-state index < -0.39 is 0 Å². The minimum Gasteiger partial charge on any atom is -0.354 e. The summed E-state index contributed by atoms with van der Waals surface area (Å²) in [7, 11) is 2.14. The number of piperazine rings is 1. The Labute approximate surface area is 200 Å². The number of aromatic nitrogens is 2. The van der Waals surface area contributed by atoms with Gasteiger partial charge in [0.05, 0.1) is 28.7 Å². The standard InChI is InChI=1S/C28H29N5O/c1-19-8-10-22(20(2)16-19)26-17-24(23-6-4-5-7-25(23)31-26)28(34)30-21-9-11-27(29-18-21)33-14-12-32(3)13-15-33/h4-11,16-18H,12-15H2,1-3H3,(H,30,34). The number of hydrogen-bond acceptors (Lipinski definition) is 5. The van der Waals surface area contributed by atoms with Crippen LogP contribution in [0.4, 0.5) is 11.5 Å². The number of rotatable bonds is 4. The van der Waals surface area contributed by atoms with Gasteiger partial charge in [0.25, 0.3) is 5.91 Å². The topological polar surface area (TPSA) is 61.4 Å². The number of pyridine rings is 2. The molecule has 0 spiro atoms. The van der Waals surface area contributed by atoms with Crippen molar-refractivity contribution >= 4 is 28.3 Å². The molecule has 34 heavy (non-hydrogen) atoms. The molecule has 1 aliphatic rings. The molecular formula is C28H29N5O. The van der Waals surface area contributed by atoms with Crippen molar-refractivity contribution in [3.05, 3.63) is 83.6 Å². The molecule has 3 heterocycles. The van der Waals surface area contributed by atoms with E-state index in [0.29, 0.717) is 11.3 Å². The average Bonchev–Trinajstić information content (AvgIpc) is 2.84. The van der Waals surface area contributed by atoms with Gasteiger partial charge in [0.15, 0.2) is 0 Å². The second kappa shape index (κ2) is 9.23. The smallest absolute Gasteiger partial charge is 0.256 e. The molecule has 1 fully saturated rings. The summed E-state index contributed by atoms with van der Waals surface area (Å²) >= 11 is 0. The highest BCUT2D eigenvalue weighted by molar-refractivity contribution is 6.13. The number of hydrogen-bond donors (Lipinski definition) is 1. The Balaban J connectivity index is 1.43. The first-order valence-corrected chi connectivity index (χ1v) is 11.7. The molecule has 1 N–H and O–H groups in total. The van der Waals surface area contributed by atoms with E-state index >= 15 is 0 Å². The Kier molecular flexibility index (Phi) is 5.99. The van der Waals surface area contributed by atoms with Gasteiger partial charge in [-0.05, 0) is 50.7 Å². The van der Waals surface area contributed by atoms with Gasteiger partial charge in [-0.3, -0.25) is 4.79 Å². The summed E-state index contributed by atoms with van der Waals surface area (Å²) < 4.78 is 0. The van der Waals surface area contributed by atoms with E-state index in [1.807, 2.05) is 42.5 Å². The molecule has 0 aliphatic carbocycles. The lowest BCUT2D eigenvalue weighted by molar-refractivity contribution is 0.102. The number of para-hydroxylation sites is 1. The fraction of sp³-hybridized carbons (Fsp3) is 0.250. The van der Waals surface area contributed by atoms with E-state index in [9.17, 15) is 4.79 Å². The Hall–Kier alpha value is -3.77. The highest BCUT2D eigenvalue weighted by Gasteiger charge is 2.17. The molecule has 6 heteroatoms. The van der Waals surface area contributed by atoms with Crippen LogP contribution in [0.25, 0.3) is 22.2 Å². The largest absolute Gasteiger partial charge is 0.354 e. The van der Waals surface area contributed by atoms with Crippen LogP contribution in [0, 0.1) is 13.8 Å². The maximum atomic E-state index is 13.4. The number of anilines is 2. The number of amides is 1. The summed E-state index contributed by atoms with van der Waals surface area (Å²) in [6, 6.07) is 19.9. The first-order valence-electron chi connectivity index (χ1n) is 11.7. The Morgan fingerprint density at radius 2 is 1.74 bits per heavy atom. The molecule has 4 aromatic rings. The van der Waals surface area contributed by atoms with Gasteiger partial charge in [0.1, 0.15) is 5.82 Å². The second-order valence-electron chi connectivity index (χ2n) is 9.04. The van der Waals surface area contributed by atoms with Crippen molar-refractivity contribution in [2.45, 2.75) is 13.8 Å². The number of aryl methyl sites for hydroxylation is 2. The Morgan fingerprint density at radius 3 is 2.47 bits per heavy atom. The van der Waals surface area contributed by atoms with E-state index in [1.54, 1.807) is 6.20 Å². The Bertz CT molecular complexity index is 1340. The minimum atomic E-state index is -0.168. The van der Waals surface area contributed by atoms with Crippen LogP contribution in [0.3, 0.4) is 0 Å². The highest BCUT2D eigenvalue weighted by atomic mass is 16.1. The van der Waals surface area contributed by atoms with E-state index in [-0.39, 0.29) is 5.91 Å². The molecule has 1 saturated heterocycles. The predicted octanol–water partition coefficient (Wildman–Crippen LogP) is 4.92. The molecule has 0 bridgehead atoms. The van der Waals surface area contributed by atoms with Crippen LogP contribution in [-0.4, -0.2) is 54.0 Å². The maximum absolute atomic E-state index is 13.4. The van der Waals surface area contributed by atoms with Crippen LogP contribution < -0.4 is 10.2 Å². The zero-order valence-corrected chi connectivity index (χ0v) is 19.9. The van der Waals surface area contributed by atoms with Crippen molar-refractivity contribution in [3.8, 4) is 11.3 Å². The van der Waals surface area contributed by atoms with E-state index in [2.05, 4.69) is 59.2 Å².